The van der Waals surface area contributed by atoms with E-state index >= 15 is 0 Å². The van der Waals surface area contributed by atoms with Crippen LogP contribution in [0.3, 0.4) is 0 Å². The van der Waals surface area contributed by atoms with Gasteiger partial charge in [-0.25, -0.2) is 8.42 Å². The van der Waals surface area contributed by atoms with Crippen LogP contribution in [-0.4, -0.2) is 33.0 Å². The van der Waals surface area contributed by atoms with Crippen LogP contribution in [0.2, 0.25) is 0 Å². The van der Waals surface area contributed by atoms with E-state index < -0.39 is 9.84 Å². The van der Waals surface area contributed by atoms with Crippen molar-refractivity contribution in [1.29, 1.82) is 0 Å². The fraction of sp³-hybridized carbons (Fsp3) is 1.00. The second-order valence-electron chi connectivity index (χ2n) is 4.20. The molecule has 2 unspecified atom stereocenters. The lowest BCUT2D eigenvalue weighted by molar-refractivity contribution is 0.314. The molecule has 78 valence electrons. The minimum atomic E-state index is -2.78. The molecule has 0 aromatic heterocycles. The van der Waals surface area contributed by atoms with Crippen molar-refractivity contribution >= 4 is 9.84 Å². The van der Waals surface area contributed by atoms with E-state index in [0.29, 0.717) is 11.8 Å². The molecule has 0 bridgehead atoms. The zero-order valence-electron chi connectivity index (χ0n) is 8.41. The zero-order valence-corrected chi connectivity index (χ0v) is 9.23. The van der Waals surface area contributed by atoms with Gasteiger partial charge in [-0.3, -0.25) is 0 Å². The summed E-state index contributed by atoms with van der Waals surface area (Å²) in [6.45, 7) is 3.27. The average molecular weight is 205 g/mol. The Labute approximate surface area is 80.8 Å². The maximum Gasteiger partial charge on any atom is 0.147 e. The maximum atomic E-state index is 10.9. The Kier molecular flexibility index (Phi) is 3.74. The molecule has 0 amide bonds. The summed E-state index contributed by atoms with van der Waals surface area (Å²) in [6.07, 6.45) is 4.41. The molecule has 3 nitrogen and oxygen atoms in total. The third-order valence-corrected chi connectivity index (χ3v) is 3.57. The van der Waals surface area contributed by atoms with Gasteiger partial charge in [0.05, 0.1) is 5.75 Å². The molecular formula is C9H19NO2S. The Morgan fingerprint density at radius 2 is 2.15 bits per heavy atom. The topological polar surface area (TPSA) is 46.2 Å². The van der Waals surface area contributed by atoms with Crippen LogP contribution in [0.4, 0.5) is 0 Å². The van der Waals surface area contributed by atoms with Gasteiger partial charge in [0.2, 0.25) is 0 Å². The van der Waals surface area contributed by atoms with Crippen LogP contribution in [0.15, 0.2) is 0 Å². The van der Waals surface area contributed by atoms with E-state index in [1.165, 1.54) is 12.7 Å². The highest BCUT2D eigenvalue weighted by atomic mass is 32.2. The fourth-order valence-corrected chi connectivity index (χ4v) is 2.51. The van der Waals surface area contributed by atoms with E-state index in [1.807, 2.05) is 0 Å². The van der Waals surface area contributed by atoms with Crippen molar-refractivity contribution in [2.45, 2.75) is 32.2 Å². The molecule has 1 aliphatic heterocycles. The van der Waals surface area contributed by atoms with Gasteiger partial charge in [-0.15, -0.1) is 0 Å². The molecule has 1 rings (SSSR count). The second kappa shape index (κ2) is 4.42. The van der Waals surface area contributed by atoms with Crippen LogP contribution in [0.25, 0.3) is 0 Å². The predicted octanol–water partition coefficient (Wildman–Crippen LogP) is 0.809. The van der Waals surface area contributed by atoms with Gasteiger partial charge in [0.1, 0.15) is 9.84 Å². The lowest BCUT2D eigenvalue weighted by Gasteiger charge is -2.27. The summed E-state index contributed by atoms with van der Waals surface area (Å²) < 4.78 is 21.9. The highest BCUT2D eigenvalue weighted by Crippen LogP contribution is 2.17. The van der Waals surface area contributed by atoms with Crippen LogP contribution in [0.5, 0.6) is 0 Å². The molecule has 0 saturated carbocycles. The summed E-state index contributed by atoms with van der Waals surface area (Å²) >= 11 is 0. The number of hydrogen-bond donors (Lipinski definition) is 1. The molecule has 1 fully saturated rings. The molecule has 2 atom stereocenters. The Bertz CT molecular complexity index is 248. The van der Waals surface area contributed by atoms with Gasteiger partial charge in [0.15, 0.2) is 0 Å². The number of rotatable bonds is 3. The Hall–Kier alpha value is -0.0900. The molecule has 1 aliphatic rings. The van der Waals surface area contributed by atoms with Gasteiger partial charge >= 0.3 is 0 Å². The molecule has 0 aliphatic carbocycles. The molecular weight excluding hydrogens is 186 g/mol. The highest BCUT2D eigenvalue weighted by molar-refractivity contribution is 7.90. The summed E-state index contributed by atoms with van der Waals surface area (Å²) in [7, 11) is -2.78. The quantitative estimate of drug-likeness (QED) is 0.741. The maximum absolute atomic E-state index is 10.9. The lowest BCUT2D eigenvalue weighted by Crippen LogP contribution is -2.38. The first-order chi connectivity index (χ1) is 5.97. The number of piperidine rings is 1. The molecule has 0 spiro atoms. The fourth-order valence-electron chi connectivity index (χ4n) is 1.80. The minimum absolute atomic E-state index is 0.317. The molecule has 0 aromatic rings. The van der Waals surface area contributed by atoms with Crippen molar-refractivity contribution in [3.63, 3.8) is 0 Å². The van der Waals surface area contributed by atoms with Crippen LogP contribution >= 0.6 is 0 Å². The van der Waals surface area contributed by atoms with Crippen molar-refractivity contribution in [2.24, 2.45) is 5.92 Å². The van der Waals surface area contributed by atoms with Gasteiger partial charge in [-0.1, -0.05) is 6.92 Å². The van der Waals surface area contributed by atoms with Crippen molar-refractivity contribution in [3.8, 4) is 0 Å². The van der Waals surface area contributed by atoms with Crippen LogP contribution in [-0.2, 0) is 9.84 Å². The van der Waals surface area contributed by atoms with Gasteiger partial charge in [-0.2, -0.15) is 0 Å². The smallest absolute Gasteiger partial charge is 0.147 e. The summed E-state index contributed by atoms with van der Waals surface area (Å²) in [5, 5.41) is 3.36. The number of hydrogen-bond acceptors (Lipinski definition) is 3. The minimum Gasteiger partial charge on any atom is -0.314 e. The lowest BCUT2D eigenvalue weighted by atomic mass is 9.93. The van der Waals surface area contributed by atoms with Crippen LogP contribution in [0, 0.1) is 5.92 Å². The Morgan fingerprint density at radius 1 is 1.46 bits per heavy atom. The summed E-state index contributed by atoms with van der Waals surface area (Å²) in [4.78, 5) is 0. The Balaban J connectivity index is 2.29. The number of sulfone groups is 1. The van der Waals surface area contributed by atoms with E-state index in [0.717, 1.165) is 25.3 Å². The zero-order chi connectivity index (χ0) is 9.90. The van der Waals surface area contributed by atoms with Crippen molar-refractivity contribution < 1.29 is 8.42 Å². The first kappa shape index (κ1) is 11.0. The molecule has 4 heteroatoms. The van der Waals surface area contributed by atoms with E-state index in [1.54, 1.807) is 0 Å². The molecule has 1 heterocycles. The number of nitrogens with one attached hydrogen (secondary N) is 1. The largest absolute Gasteiger partial charge is 0.314 e. The van der Waals surface area contributed by atoms with E-state index in [4.69, 9.17) is 0 Å². The molecule has 0 aromatic carbocycles. The van der Waals surface area contributed by atoms with Crippen molar-refractivity contribution in [2.75, 3.05) is 18.6 Å². The van der Waals surface area contributed by atoms with Crippen molar-refractivity contribution in [1.82, 2.24) is 5.32 Å². The molecule has 0 radical (unpaired) electrons. The molecule has 1 saturated heterocycles. The first-order valence-corrected chi connectivity index (χ1v) is 6.94. The van der Waals surface area contributed by atoms with E-state index in [-0.39, 0.29) is 0 Å². The predicted molar refractivity (Wildman–Crippen MR) is 54.5 cm³/mol. The van der Waals surface area contributed by atoms with Gasteiger partial charge in [-0.05, 0) is 31.7 Å². The summed E-state index contributed by atoms with van der Waals surface area (Å²) in [6, 6.07) is 0.415. The SMILES string of the molecule is CC1CCNC(CCS(C)(=O)=O)C1. The standard InChI is InChI=1S/C9H19NO2S/c1-8-3-5-10-9(7-8)4-6-13(2,11)12/h8-10H,3-7H2,1-2H3. The average Bonchev–Trinajstić information content (AvgIpc) is 2.00. The van der Waals surface area contributed by atoms with Gasteiger partial charge < -0.3 is 5.32 Å². The third kappa shape index (κ3) is 4.62. The van der Waals surface area contributed by atoms with Crippen LogP contribution in [0.1, 0.15) is 26.2 Å². The molecule has 13 heavy (non-hydrogen) atoms. The van der Waals surface area contributed by atoms with Crippen LogP contribution < -0.4 is 5.32 Å². The third-order valence-electron chi connectivity index (χ3n) is 2.59. The Morgan fingerprint density at radius 3 is 2.69 bits per heavy atom. The van der Waals surface area contributed by atoms with Gasteiger partial charge in [0, 0.05) is 12.3 Å². The van der Waals surface area contributed by atoms with Crippen molar-refractivity contribution in [3.05, 3.63) is 0 Å². The van der Waals surface area contributed by atoms with E-state index in [2.05, 4.69) is 12.2 Å². The normalized spacial score (nSPS) is 30.3. The molecule has 1 N–H and O–H groups in total. The van der Waals surface area contributed by atoms with E-state index in [9.17, 15) is 8.42 Å². The highest BCUT2D eigenvalue weighted by Gasteiger charge is 2.19. The summed E-state index contributed by atoms with van der Waals surface area (Å²) in [5.41, 5.74) is 0. The van der Waals surface area contributed by atoms with Gasteiger partial charge in [0.25, 0.3) is 0 Å². The monoisotopic (exact) mass is 205 g/mol. The summed E-state index contributed by atoms with van der Waals surface area (Å²) in [5.74, 6) is 1.06. The first-order valence-electron chi connectivity index (χ1n) is 4.88. The second-order valence-corrected chi connectivity index (χ2v) is 6.46.